The first-order chi connectivity index (χ1) is 13.4. The minimum absolute atomic E-state index is 0.0856. The van der Waals surface area contributed by atoms with Gasteiger partial charge in [-0.15, -0.1) is 0 Å². The zero-order chi connectivity index (χ0) is 19.9. The molecule has 4 amide bonds. The van der Waals surface area contributed by atoms with E-state index in [2.05, 4.69) is 10.6 Å². The average Bonchev–Trinajstić information content (AvgIpc) is 3.45. The van der Waals surface area contributed by atoms with Gasteiger partial charge in [-0.05, 0) is 54.9 Å². The molecular formula is C20H21F2N3O3. The molecule has 0 spiro atoms. The summed E-state index contributed by atoms with van der Waals surface area (Å²) in [5.41, 5.74) is 0.324. The molecule has 1 aromatic carbocycles. The summed E-state index contributed by atoms with van der Waals surface area (Å²) < 4.78 is 26.8. The number of amides is 4. The van der Waals surface area contributed by atoms with Crippen molar-refractivity contribution in [2.24, 2.45) is 5.92 Å². The largest absolute Gasteiger partial charge is 0.339 e. The van der Waals surface area contributed by atoms with E-state index in [1.54, 1.807) is 11.0 Å². The van der Waals surface area contributed by atoms with E-state index < -0.39 is 23.2 Å². The molecule has 1 saturated heterocycles. The third-order valence-corrected chi connectivity index (χ3v) is 5.77. The Morgan fingerprint density at radius 3 is 2.43 bits per heavy atom. The van der Waals surface area contributed by atoms with E-state index in [9.17, 15) is 23.2 Å². The maximum absolute atomic E-state index is 13.4. The summed E-state index contributed by atoms with van der Waals surface area (Å²) in [5, 5.41) is 5.00. The number of halogens is 2. The van der Waals surface area contributed by atoms with Crippen molar-refractivity contribution < 1.29 is 23.2 Å². The SMILES string of the molecule is O=C1NC(=O)[C@](CCC(=O)N2CC=C(c3cc(F)cc(F)c3)CC2)(C2CC2)N1. The second-order valence-electron chi connectivity index (χ2n) is 7.63. The van der Waals surface area contributed by atoms with Crippen LogP contribution in [0.4, 0.5) is 13.6 Å². The van der Waals surface area contributed by atoms with Gasteiger partial charge in [0.15, 0.2) is 0 Å². The summed E-state index contributed by atoms with van der Waals surface area (Å²) in [6.07, 6.45) is 4.46. The van der Waals surface area contributed by atoms with E-state index >= 15 is 0 Å². The molecule has 8 heteroatoms. The minimum Gasteiger partial charge on any atom is -0.339 e. The van der Waals surface area contributed by atoms with Crippen LogP contribution in [-0.4, -0.2) is 41.4 Å². The number of carbonyl (C=O) groups is 3. The Labute approximate surface area is 161 Å². The smallest absolute Gasteiger partial charge is 0.322 e. The van der Waals surface area contributed by atoms with Crippen LogP contribution < -0.4 is 10.6 Å². The molecule has 0 bridgehead atoms. The number of benzene rings is 1. The van der Waals surface area contributed by atoms with Crippen molar-refractivity contribution in [2.75, 3.05) is 13.1 Å². The number of rotatable bonds is 5. The van der Waals surface area contributed by atoms with Crippen molar-refractivity contribution in [2.45, 2.75) is 37.6 Å². The van der Waals surface area contributed by atoms with Crippen molar-refractivity contribution in [3.05, 3.63) is 41.5 Å². The van der Waals surface area contributed by atoms with E-state index in [1.807, 2.05) is 0 Å². The Balaban J connectivity index is 1.38. The first-order valence-electron chi connectivity index (χ1n) is 9.44. The van der Waals surface area contributed by atoms with Gasteiger partial charge in [0.1, 0.15) is 17.2 Å². The van der Waals surface area contributed by atoms with E-state index in [-0.39, 0.29) is 30.6 Å². The highest BCUT2D eigenvalue weighted by Gasteiger charge is 2.55. The Kier molecular flexibility index (Phi) is 4.64. The number of hydrogen-bond donors (Lipinski definition) is 2. The number of hydrogen-bond acceptors (Lipinski definition) is 3. The lowest BCUT2D eigenvalue weighted by Gasteiger charge is -2.29. The lowest BCUT2D eigenvalue weighted by atomic mass is 9.87. The Morgan fingerprint density at radius 1 is 1.18 bits per heavy atom. The lowest BCUT2D eigenvalue weighted by molar-refractivity contribution is -0.132. The minimum atomic E-state index is -0.970. The molecule has 2 heterocycles. The summed E-state index contributed by atoms with van der Waals surface area (Å²) in [6, 6.07) is 2.90. The highest BCUT2D eigenvalue weighted by atomic mass is 19.1. The monoisotopic (exact) mass is 389 g/mol. The molecule has 2 N–H and O–H groups in total. The van der Waals surface area contributed by atoms with Crippen molar-refractivity contribution in [3.8, 4) is 0 Å². The second kappa shape index (κ2) is 7.00. The van der Waals surface area contributed by atoms with Crippen molar-refractivity contribution >= 4 is 23.4 Å². The zero-order valence-corrected chi connectivity index (χ0v) is 15.3. The van der Waals surface area contributed by atoms with E-state index in [0.29, 0.717) is 25.1 Å². The van der Waals surface area contributed by atoms with Crippen molar-refractivity contribution in [1.82, 2.24) is 15.5 Å². The number of nitrogens with one attached hydrogen (secondary N) is 2. The summed E-state index contributed by atoms with van der Waals surface area (Å²) >= 11 is 0. The zero-order valence-electron chi connectivity index (χ0n) is 15.3. The Bertz CT molecular complexity index is 861. The standard InChI is InChI=1S/C20H21F2N3O3/c21-15-9-13(10-16(22)11-15)12-4-7-25(8-5-12)17(26)3-6-20(14-1-2-14)18(27)23-19(28)24-20/h4,9-11,14H,1-3,5-8H2,(H2,23,24,27,28)/t20-/m0/s1. The molecule has 0 aromatic heterocycles. The molecule has 0 unspecified atom stereocenters. The molecule has 4 rings (SSSR count). The fourth-order valence-corrected chi connectivity index (χ4v) is 4.11. The van der Waals surface area contributed by atoms with Gasteiger partial charge in [0.2, 0.25) is 5.91 Å². The predicted molar refractivity (Wildman–Crippen MR) is 96.9 cm³/mol. The molecule has 2 fully saturated rings. The van der Waals surface area contributed by atoms with Gasteiger partial charge in [0.05, 0.1) is 0 Å². The highest BCUT2D eigenvalue weighted by Crippen LogP contribution is 2.43. The molecule has 28 heavy (non-hydrogen) atoms. The third-order valence-electron chi connectivity index (χ3n) is 5.77. The summed E-state index contributed by atoms with van der Waals surface area (Å²) in [4.78, 5) is 38.1. The quantitative estimate of drug-likeness (QED) is 0.759. The number of nitrogens with zero attached hydrogens (tertiary/aromatic N) is 1. The molecule has 2 aliphatic heterocycles. The molecule has 1 aromatic rings. The van der Waals surface area contributed by atoms with E-state index in [4.69, 9.17) is 0 Å². The number of urea groups is 1. The van der Waals surface area contributed by atoms with Crippen LogP contribution in [0.3, 0.4) is 0 Å². The van der Waals surface area contributed by atoms with Gasteiger partial charge in [-0.3, -0.25) is 14.9 Å². The second-order valence-corrected chi connectivity index (χ2v) is 7.63. The van der Waals surface area contributed by atoms with Gasteiger partial charge >= 0.3 is 6.03 Å². The van der Waals surface area contributed by atoms with Crippen LogP contribution >= 0.6 is 0 Å². The fourth-order valence-electron chi connectivity index (χ4n) is 4.11. The summed E-state index contributed by atoms with van der Waals surface area (Å²) in [7, 11) is 0. The van der Waals surface area contributed by atoms with E-state index in [0.717, 1.165) is 24.5 Å². The highest BCUT2D eigenvalue weighted by molar-refractivity contribution is 6.07. The molecule has 0 radical (unpaired) electrons. The van der Waals surface area contributed by atoms with Crippen LogP contribution in [-0.2, 0) is 9.59 Å². The van der Waals surface area contributed by atoms with Gasteiger partial charge in [-0.2, -0.15) is 0 Å². The van der Waals surface area contributed by atoms with Crippen LogP contribution in [0.15, 0.2) is 24.3 Å². The maximum atomic E-state index is 13.4. The Morgan fingerprint density at radius 2 is 1.89 bits per heavy atom. The molecule has 1 atom stereocenters. The summed E-state index contributed by atoms with van der Waals surface area (Å²) in [5.74, 6) is -1.62. The van der Waals surface area contributed by atoms with Crippen LogP contribution in [0.1, 0.15) is 37.7 Å². The molecule has 1 saturated carbocycles. The first-order valence-corrected chi connectivity index (χ1v) is 9.44. The molecule has 1 aliphatic carbocycles. The molecule has 3 aliphatic rings. The maximum Gasteiger partial charge on any atom is 0.322 e. The fraction of sp³-hybridized carbons (Fsp3) is 0.450. The van der Waals surface area contributed by atoms with E-state index in [1.165, 1.54) is 12.1 Å². The van der Waals surface area contributed by atoms with Gasteiger partial charge in [-0.25, -0.2) is 13.6 Å². The molecule has 148 valence electrons. The lowest BCUT2D eigenvalue weighted by Crippen LogP contribution is -2.50. The van der Waals surface area contributed by atoms with Crippen LogP contribution in [0.2, 0.25) is 0 Å². The van der Waals surface area contributed by atoms with Crippen molar-refractivity contribution in [3.63, 3.8) is 0 Å². The number of imide groups is 1. The van der Waals surface area contributed by atoms with Crippen LogP contribution in [0.25, 0.3) is 5.57 Å². The first kappa shape index (κ1) is 18.6. The van der Waals surface area contributed by atoms with Gasteiger partial charge < -0.3 is 10.2 Å². The van der Waals surface area contributed by atoms with Crippen molar-refractivity contribution in [1.29, 1.82) is 0 Å². The predicted octanol–water partition coefficient (Wildman–Crippen LogP) is 2.35. The molecular weight excluding hydrogens is 368 g/mol. The summed E-state index contributed by atoms with van der Waals surface area (Å²) in [6.45, 7) is 0.791. The Hall–Kier alpha value is -2.77. The van der Waals surface area contributed by atoms with Crippen LogP contribution in [0, 0.1) is 17.6 Å². The average molecular weight is 389 g/mol. The normalized spacial score (nSPS) is 24.6. The van der Waals surface area contributed by atoms with Gasteiger partial charge in [0, 0.05) is 25.6 Å². The van der Waals surface area contributed by atoms with Crippen LogP contribution in [0.5, 0.6) is 0 Å². The topological polar surface area (TPSA) is 78.5 Å². The number of carbonyl (C=O) groups excluding carboxylic acids is 3. The van der Waals surface area contributed by atoms with Gasteiger partial charge in [-0.1, -0.05) is 6.08 Å². The molecule has 6 nitrogen and oxygen atoms in total. The van der Waals surface area contributed by atoms with Gasteiger partial charge in [0.25, 0.3) is 5.91 Å². The third kappa shape index (κ3) is 3.50.